The number of anilines is 2. The van der Waals surface area contributed by atoms with Gasteiger partial charge in [0.05, 0.1) is 11.4 Å². The minimum Gasteiger partial charge on any atom is -0.322 e. The van der Waals surface area contributed by atoms with Crippen LogP contribution in [0.5, 0.6) is 0 Å². The molecule has 2 aliphatic rings. The summed E-state index contributed by atoms with van der Waals surface area (Å²) in [5, 5.41) is 10.7. The number of carbonyl (C=O) groups is 3. The number of hydrogen-bond acceptors (Lipinski definition) is 6. The highest BCUT2D eigenvalue weighted by atomic mass is 19.2. The van der Waals surface area contributed by atoms with Crippen LogP contribution < -0.4 is 10.2 Å². The summed E-state index contributed by atoms with van der Waals surface area (Å²) in [6.45, 7) is -0.469. The van der Waals surface area contributed by atoms with Crippen LogP contribution in [-0.4, -0.2) is 41.4 Å². The highest BCUT2D eigenvalue weighted by Gasteiger charge is 2.55. The molecule has 2 aromatic carbocycles. The van der Waals surface area contributed by atoms with E-state index in [4.69, 9.17) is 0 Å². The Balaban J connectivity index is 1.51. The van der Waals surface area contributed by atoms with Gasteiger partial charge in [-0.2, -0.15) is 5.11 Å². The van der Waals surface area contributed by atoms with Crippen molar-refractivity contribution < 1.29 is 27.6 Å². The number of imide groups is 1. The van der Waals surface area contributed by atoms with Gasteiger partial charge in [0.15, 0.2) is 23.7 Å². The van der Waals surface area contributed by atoms with Crippen molar-refractivity contribution in [3.8, 4) is 0 Å². The third kappa shape index (κ3) is 3.20. The van der Waals surface area contributed by atoms with E-state index < -0.39 is 53.8 Å². The Labute approximate surface area is 161 Å². The molecule has 0 saturated carbocycles. The first-order valence-electron chi connectivity index (χ1n) is 8.41. The van der Waals surface area contributed by atoms with Crippen molar-refractivity contribution in [2.24, 2.45) is 10.3 Å². The molecular formula is C18H12F3N5O3. The van der Waals surface area contributed by atoms with Crippen molar-refractivity contribution in [1.82, 2.24) is 5.01 Å². The Morgan fingerprint density at radius 1 is 1.00 bits per heavy atom. The van der Waals surface area contributed by atoms with Gasteiger partial charge in [0, 0.05) is 6.07 Å². The predicted molar refractivity (Wildman–Crippen MR) is 93.0 cm³/mol. The molecule has 0 unspecified atom stereocenters. The van der Waals surface area contributed by atoms with Gasteiger partial charge in [0.25, 0.3) is 11.8 Å². The van der Waals surface area contributed by atoms with E-state index in [-0.39, 0.29) is 11.4 Å². The van der Waals surface area contributed by atoms with E-state index in [0.29, 0.717) is 4.90 Å². The van der Waals surface area contributed by atoms with Gasteiger partial charge in [-0.15, -0.1) is 0 Å². The molecule has 0 spiro atoms. The van der Waals surface area contributed by atoms with Crippen molar-refractivity contribution >= 4 is 29.1 Å². The van der Waals surface area contributed by atoms with Gasteiger partial charge in [0.2, 0.25) is 5.91 Å². The Morgan fingerprint density at radius 3 is 2.48 bits per heavy atom. The highest BCUT2D eigenvalue weighted by molar-refractivity contribution is 6.25. The van der Waals surface area contributed by atoms with Gasteiger partial charge in [-0.3, -0.25) is 19.4 Å². The maximum absolute atomic E-state index is 13.7. The molecule has 148 valence electrons. The van der Waals surface area contributed by atoms with Crippen LogP contribution >= 0.6 is 0 Å². The topological polar surface area (TPSA) is 94.4 Å². The molecule has 29 heavy (non-hydrogen) atoms. The van der Waals surface area contributed by atoms with Crippen LogP contribution in [0.3, 0.4) is 0 Å². The first-order chi connectivity index (χ1) is 13.9. The fourth-order valence-corrected chi connectivity index (χ4v) is 3.13. The zero-order valence-electron chi connectivity index (χ0n) is 14.6. The average Bonchev–Trinajstić information content (AvgIpc) is 3.20. The Bertz CT molecular complexity index is 1060. The van der Waals surface area contributed by atoms with Gasteiger partial charge >= 0.3 is 0 Å². The van der Waals surface area contributed by atoms with E-state index >= 15 is 0 Å². The van der Waals surface area contributed by atoms with Crippen LogP contribution in [0.25, 0.3) is 0 Å². The highest BCUT2D eigenvalue weighted by Crippen LogP contribution is 2.32. The summed E-state index contributed by atoms with van der Waals surface area (Å²) >= 11 is 0. The standard InChI is InChI=1S/C18H12F3N5O3/c19-10-6-5-9(7-12(10)21)26-17(28)15-16(18(26)29)25(24-23-15)8-14(27)22-13-4-2-1-3-11(13)20/h1-7,15-16H,8H2,(H,22,27)/t15-,16-/m1/s1. The van der Waals surface area contributed by atoms with Crippen LogP contribution in [0.15, 0.2) is 52.8 Å². The van der Waals surface area contributed by atoms with Crippen molar-refractivity contribution in [2.45, 2.75) is 12.1 Å². The summed E-state index contributed by atoms with van der Waals surface area (Å²) in [5.74, 6) is -5.22. The van der Waals surface area contributed by atoms with Crippen LogP contribution in [0, 0.1) is 17.5 Å². The maximum atomic E-state index is 13.7. The normalized spacial score (nSPS) is 20.4. The second-order valence-electron chi connectivity index (χ2n) is 6.33. The smallest absolute Gasteiger partial charge is 0.263 e. The molecule has 0 radical (unpaired) electrons. The molecule has 3 amide bonds. The second-order valence-corrected chi connectivity index (χ2v) is 6.33. The molecular weight excluding hydrogens is 391 g/mol. The number of amides is 3. The fourth-order valence-electron chi connectivity index (χ4n) is 3.13. The minimum atomic E-state index is -1.22. The molecule has 2 aliphatic heterocycles. The van der Waals surface area contributed by atoms with Crippen LogP contribution in [-0.2, 0) is 14.4 Å². The van der Waals surface area contributed by atoms with Crippen molar-refractivity contribution in [3.05, 3.63) is 59.9 Å². The lowest BCUT2D eigenvalue weighted by Gasteiger charge is -2.20. The number of fused-ring (bicyclic) bond motifs is 1. The summed E-state index contributed by atoms with van der Waals surface area (Å²) in [4.78, 5) is 38.1. The fraction of sp³-hybridized carbons (Fsp3) is 0.167. The van der Waals surface area contributed by atoms with E-state index in [2.05, 4.69) is 15.7 Å². The number of rotatable bonds is 4. The molecule has 0 aromatic heterocycles. The summed E-state index contributed by atoms with van der Waals surface area (Å²) in [5.41, 5.74) is -0.207. The van der Waals surface area contributed by atoms with Crippen molar-refractivity contribution in [2.75, 3.05) is 16.8 Å². The van der Waals surface area contributed by atoms with Gasteiger partial charge in [-0.25, -0.2) is 18.1 Å². The Morgan fingerprint density at radius 2 is 1.76 bits per heavy atom. The number of nitrogens with one attached hydrogen (secondary N) is 1. The summed E-state index contributed by atoms with van der Waals surface area (Å²) in [6.07, 6.45) is 0. The van der Waals surface area contributed by atoms with E-state index in [9.17, 15) is 27.6 Å². The molecule has 0 aliphatic carbocycles. The molecule has 2 heterocycles. The molecule has 11 heteroatoms. The zero-order valence-corrected chi connectivity index (χ0v) is 14.6. The molecule has 0 bridgehead atoms. The Hall–Kier alpha value is -3.76. The lowest BCUT2D eigenvalue weighted by Crippen LogP contribution is -2.43. The van der Waals surface area contributed by atoms with Gasteiger partial charge < -0.3 is 5.32 Å². The number of hydrogen-bond donors (Lipinski definition) is 1. The molecule has 8 nitrogen and oxygen atoms in total. The van der Waals surface area contributed by atoms with Gasteiger partial charge in [-0.05, 0) is 24.3 Å². The lowest BCUT2D eigenvalue weighted by atomic mass is 10.1. The first-order valence-corrected chi connectivity index (χ1v) is 8.41. The number of carbonyl (C=O) groups excluding carboxylic acids is 3. The van der Waals surface area contributed by atoms with Gasteiger partial charge in [0.1, 0.15) is 12.4 Å². The number of halogens is 3. The maximum Gasteiger partial charge on any atom is 0.263 e. The molecule has 1 N–H and O–H groups in total. The summed E-state index contributed by atoms with van der Waals surface area (Å²) < 4.78 is 40.3. The second kappa shape index (κ2) is 7.00. The summed E-state index contributed by atoms with van der Waals surface area (Å²) in [6, 6.07) is 5.69. The van der Waals surface area contributed by atoms with E-state index in [1.807, 2.05) is 0 Å². The first kappa shape index (κ1) is 18.6. The van der Waals surface area contributed by atoms with Crippen LogP contribution in [0.4, 0.5) is 24.5 Å². The van der Waals surface area contributed by atoms with Crippen molar-refractivity contribution in [3.63, 3.8) is 0 Å². The Kier molecular flexibility index (Phi) is 4.49. The molecule has 1 fully saturated rings. The van der Waals surface area contributed by atoms with Gasteiger partial charge in [-0.1, -0.05) is 17.4 Å². The zero-order chi connectivity index (χ0) is 20.7. The lowest BCUT2D eigenvalue weighted by molar-refractivity contribution is -0.123. The quantitative estimate of drug-likeness (QED) is 0.791. The predicted octanol–water partition coefficient (Wildman–Crippen LogP) is 2.04. The molecule has 4 rings (SSSR count). The van der Waals surface area contributed by atoms with Crippen LogP contribution in [0.1, 0.15) is 0 Å². The monoisotopic (exact) mass is 403 g/mol. The third-order valence-corrected chi connectivity index (χ3v) is 4.47. The molecule has 1 saturated heterocycles. The number of nitrogens with zero attached hydrogens (tertiary/aromatic N) is 4. The SMILES string of the molecule is O=C(CN1N=N[C@H]2C(=O)N(c3ccc(F)c(F)c3)C(=O)[C@@H]21)Nc1ccccc1F. The number of benzene rings is 2. The van der Waals surface area contributed by atoms with E-state index in [1.54, 1.807) is 0 Å². The van der Waals surface area contributed by atoms with Crippen LogP contribution in [0.2, 0.25) is 0 Å². The molecule has 2 aromatic rings. The minimum absolute atomic E-state index is 0.0533. The number of para-hydroxylation sites is 1. The summed E-state index contributed by atoms with van der Waals surface area (Å²) in [7, 11) is 0. The van der Waals surface area contributed by atoms with E-state index in [1.165, 1.54) is 24.3 Å². The van der Waals surface area contributed by atoms with E-state index in [0.717, 1.165) is 23.2 Å². The molecule has 2 atom stereocenters. The largest absolute Gasteiger partial charge is 0.322 e. The van der Waals surface area contributed by atoms with Crippen molar-refractivity contribution in [1.29, 1.82) is 0 Å². The average molecular weight is 403 g/mol. The third-order valence-electron chi connectivity index (χ3n) is 4.47.